The van der Waals surface area contributed by atoms with Crippen LogP contribution >= 0.6 is 27.7 Å². The molecule has 200 valence electrons. The highest BCUT2D eigenvalue weighted by Crippen LogP contribution is 2.40. The summed E-state index contributed by atoms with van der Waals surface area (Å²) in [5.74, 6) is -0.525. The van der Waals surface area contributed by atoms with Crippen molar-refractivity contribution >= 4 is 50.7 Å². The predicted molar refractivity (Wildman–Crippen MR) is 156 cm³/mol. The molecule has 1 N–H and O–H groups in total. The number of hydrogen-bond donors (Lipinski definition) is 1. The fraction of sp³-hybridized carbons (Fsp3) is 0.167. The van der Waals surface area contributed by atoms with Gasteiger partial charge in [0.2, 0.25) is 0 Å². The Balaban J connectivity index is 1.61. The quantitative estimate of drug-likeness (QED) is 0.274. The van der Waals surface area contributed by atoms with Crippen molar-refractivity contribution in [2.24, 2.45) is 4.99 Å². The van der Waals surface area contributed by atoms with Gasteiger partial charge in [-0.15, -0.1) is 0 Å². The van der Waals surface area contributed by atoms with E-state index in [0.717, 1.165) is 27.4 Å². The maximum Gasteiger partial charge on any atom is 0.344 e. The van der Waals surface area contributed by atoms with Crippen molar-refractivity contribution in [3.63, 3.8) is 0 Å². The molecule has 3 aromatic rings. The van der Waals surface area contributed by atoms with Gasteiger partial charge in [-0.05, 0) is 67.4 Å². The Morgan fingerprint density at radius 2 is 1.74 bits per heavy atom. The zero-order valence-corrected chi connectivity index (χ0v) is 24.0. The molecule has 9 heteroatoms. The number of esters is 1. The van der Waals surface area contributed by atoms with Crippen molar-refractivity contribution < 1.29 is 28.9 Å². The lowest BCUT2D eigenvalue weighted by Gasteiger charge is -2.12. The molecule has 0 aromatic heterocycles. The first-order valence-corrected chi connectivity index (χ1v) is 13.7. The van der Waals surface area contributed by atoms with Crippen molar-refractivity contribution in [3.05, 3.63) is 110 Å². The van der Waals surface area contributed by atoms with Crippen LogP contribution in [0.2, 0.25) is 0 Å². The largest absolute Gasteiger partial charge is 0.506 e. The number of amides is 1. The Labute approximate surface area is 239 Å². The van der Waals surface area contributed by atoms with Crippen LogP contribution in [0.4, 0.5) is 0 Å². The van der Waals surface area contributed by atoms with E-state index in [4.69, 9.17) is 14.2 Å². The van der Waals surface area contributed by atoms with E-state index in [1.165, 1.54) is 0 Å². The molecule has 1 aliphatic heterocycles. The number of ether oxygens (including phenoxy) is 3. The summed E-state index contributed by atoms with van der Waals surface area (Å²) in [6.07, 6.45) is 1.68. The van der Waals surface area contributed by atoms with Gasteiger partial charge < -0.3 is 19.3 Å². The number of aliphatic hydroxyl groups is 1. The molecule has 0 bridgehead atoms. The van der Waals surface area contributed by atoms with E-state index in [1.54, 1.807) is 62.6 Å². The number of thioether (sulfide) groups is 1. The number of carbonyl (C=O) groups excluding carboxylic acids is 2. The Morgan fingerprint density at radius 3 is 2.41 bits per heavy atom. The van der Waals surface area contributed by atoms with E-state index in [9.17, 15) is 14.7 Å². The van der Waals surface area contributed by atoms with E-state index >= 15 is 0 Å². The summed E-state index contributed by atoms with van der Waals surface area (Å²) >= 11 is 4.44. The highest BCUT2D eigenvalue weighted by atomic mass is 79.9. The van der Waals surface area contributed by atoms with E-state index in [-0.39, 0.29) is 23.0 Å². The number of aliphatic hydroxyl groups excluding tert-OH is 1. The van der Waals surface area contributed by atoms with Gasteiger partial charge in [0.25, 0.3) is 5.91 Å². The van der Waals surface area contributed by atoms with Gasteiger partial charge in [0, 0.05) is 10.0 Å². The number of carbonyl (C=O) groups is 2. The number of aryl methyl sites for hydroxylation is 1. The molecule has 0 unspecified atom stereocenters. The standard InChI is InChI=1S/C30H26BrNO6S/c1-4-37-30(35)26-27(33)25(39-29(26)32-28(34)21-10-5-18(2)6-11-21)16-20-9-14-23(24(15-20)36-3)38-17-19-7-12-22(31)13-8-19/h5-16,33H,4,17H2,1-3H3/b25-16-,32-29?. The van der Waals surface area contributed by atoms with Crippen LogP contribution < -0.4 is 9.47 Å². The van der Waals surface area contributed by atoms with Gasteiger partial charge in [-0.25, -0.2) is 9.79 Å². The highest BCUT2D eigenvalue weighted by molar-refractivity contribution is 9.10. The van der Waals surface area contributed by atoms with Crippen molar-refractivity contribution in [2.45, 2.75) is 20.5 Å². The Kier molecular flexibility index (Phi) is 9.27. The molecule has 0 saturated heterocycles. The van der Waals surface area contributed by atoms with E-state index in [0.29, 0.717) is 34.1 Å². The maximum atomic E-state index is 12.8. The number of rotatable bonds is 8. The molecular weight excluding hydrogens is 582 g/mol. The second-order valence-corrected chi connectivity index (χ2v) is 10.4. The third-order valence-electron chi connectivity index (χ3n) is 5.66. The number of halogens is 1. The molecule has 1 heterocycles. The summed E-state index contributed by atoms with van der Waals surface area (Å²) in [5, 5.41) is 11.0. The number of hydrogen-bond acceptors (Lipinski definition) is 7. The van der Waals surface area contributed by atoms with E-state index in [1.807, 2.05) is 31.2 Å². The van der Waals surface area contributed by atoms with Gasteiger partial charge in [-0.2, -0.15) is 0 Å². The molecule has 4 rings (SSSR count). The predicted octanol–water partition coefficient (Wildman–Crippen LogP) is 7.05. The average Bonchev–Trinajstić information content (AvgIpc) is 3.23. The normalized spacial score (nSPS) is 15.1. The molecule has 0 saturated carbocycles. The van der Waals surface area contributed by atoms with Crippen LogP contribution in [0.25, 0.3) is 6.08 Å². The molecule has 0 aliphatic carbocycles. The first-order chi connectivity index (χ1) is 18.8. The van der Waals surface area contributed by atoms with Crippen LogP contribution in [0, 0.1) is 6.92 Å². The van der Waals surface area contributed by atoms with Crippen LogP contribution in [-0.4, -0.2) is 35.7 Å². The molecule has 0 spiro atoms. The Hall–Kier alpha value is -3.82. The SMILES string of the molecule is CCOC(=O)C1=C(O)/C(=C/c2ccc(OCc3ccc(Br)cc3)c(OC)c2)SC1=NC(=O)c1ccc(C)cc1. The van der Waals surface area contributed by atoms with Crippen molar-refractivity contribution in [1.29, 1.82) is 0 Å². The zero-order valence-electron chi connectivity index (χ0n) is 21.6. The molecule has 7 nitrogen and oxygen atoms in total. The summed E-state index contributed by atoms with van der Waals surface area (Å²) < 4.78 is 17.6. The lowest BCUT2D eigenvalue weighted by molar-refractivity contribution is -0.138. The maximum absolute atomic E-state index is 12.8. The van der Waals surface area contributed by atoms with Crippen LogP contribution in [0.5, 0.6) is 11.5 Å². The number of methoxy groups -OCH3 is 1. The second-order valence-electron chi connectivity index (χ2n) is 8.47. The Bertz CT molecular complexity index is 1480. The lowest BCUT2D eigenvalue weighted by Crippen LogP contribution is -2.14. The van der Waals surface area contributed by atoms with Crippen LogP contribution in [-0.2, 0) is 16.1 Å². The first-order valence-electron chi connectivity index (χ1n) is 12.0. The summed E-state index contributed by atoms with van der Waals surface area (Å²) in [4.78, 5) is 30.0. The number of benzene rings is 3. The monoisotopic (exact) mass is 607 g/mol. The summed E-state index contributed by atoms with van der Waals surface area (Å²) in [6, 6.07) is 20.1. The van der Waals surface area contributed by atoms with Gasteiger partial charge in [-0.3, -0.25) is 4.79 Å². The third-order valence-corrected chi connectivity index (χ3v) is 7.21. The van der Waals surface area contributed by atoms with Gasteiger partial charge in [-0.1, -0.05) is 63.6 Å². The second kappa shape index (κ2) is 12.8. The molecule has 0 fully saturated rings. The van der Waals surface area contributed by atoms with Gasteiger partial charge in [0.15, 0.2) is 11.5 Å². The van der Waals surface area contributed by atoms with Gasteiger partial charge in [0.1, 0.15) is 23.0 Å². The smallest absolute Gasteiger partial charge is 0.344 e. The molecule has 3 aromatic carbocycles. The lowest BCUT2D eigenvalue weighted by atomic mass is 10.1. The van der Waals surface area contributed by atoms with Crippen molar-refractivity contribution in [3.8, 4) is 11.5 Å². The minimum Gasteiger partial charge on any atom is -0.506 e. The topological polar surface area (TPSA) is 94.4 Å². The number of aliphatic imine (C=N–C) groups is 1. The molecule has 1 aliphatic rings. The highest BCUT2D eigenvalue weighted by Gasteiger charge is 2.34. The summed E-state index contributed by atoms with van der Waals surface area (Å²) in [6.45, 7) is 4.05. The third kappa shape index (κ3) is 6.99. The van der Waals surface area contributed by atoms with Crippen LogP contribution in [0.3, 0.4) is 0 Å². The Morgan fingerprint density at radius 1 is 1.03 bits per heavy atom. The first kappa shape index (κ1) is 28.2. The van der Waals surface area contributed by atoms with Crippen molar-refractivity contribution in [2.75, 3.05) is 13.7 Å². The molecular formula is C30H26BrNO6S. The minimum atomic E-state index is -0.754. The van der Waals surface area contributed by atoms with E-state index < -0.39 is 11.9 Å². The summed E-state index contributed by atoms with van der Waals surface area (Å²) in [7, 11) is 1.54. The molecule has 39 heavy (non-hydrogen) atoms. The van der Waals surface area contributed by atoms with Crippen molar-refractivity contribution in [1.82, 2.24) is 0 Å². The van der Waals surface area contributed by atoms with Crippen LogP contribution in [0.1, 0.15) is 34.0 Å². The fourth-order valence-corrected chi connectivity index (χ4v) is 4.91. The van der Waals surface area contributed by atoms with Gasteiger partial charge in [0.05, 0.1) is 18.6 Å². The number of nitrogens with zero attached hydrogens (tertiary/aromatic N) is 1. The average molecular weight is 609 g/mol. The minimum absolute atomic E-state index is 0.0733. The molecule has 1 amide bonds. The van der Waals surface area contributed by atoms with Crippen LogP contribution in [0.15, 0.2) is 92.4 Å². The fourth-order valence-electron chi connectivity index (χ4n) is 3.63. The molecule has 0 atom stereocenters. The van der Waals surface area contributed by atoms with E-state index in [2.05, 4.69) is 20.9 Å². The van der Waals surface area contributed by atoms with Gasteiger partial charge >= 0.3 is 5.97 Å². The molecule has 0 radical (unpaired) electrons. The zero-order chi connectivity index (χ0) is 27.9. The summed E-state index contributed by atoms with van der Waals surface area (Å²) in [5.41, 5.74) is 2.92.